The fourth-order valence-electron chi connectivity index (χ4n) is 4.07. The topological polar surface area (TPSA) is 79.8 Å². The number of ether oxygens (including phenoxy) is 1. The summed E-state index contributed by atoms with van der Waals surface area (Å²) in [6, 6.07) is 9.84. The fraction of sp³-hybridized carbons (Fsp3) is 0.609. The van der Waals surface area contributed by atoms with Crippen molar-refractivity contribution < 1.29 is 19.1 Å². The molecule has 0 saturated heterocycles. The van der Waals surface area contributed by atoms with Gasteiger partial charge in [0.2, 0.25) is 0 Å². The number of aryl methyl sites for hydroxylation is 1. The fourth-order valence-corrected chi connectivity index (χ4v) is 4.07. The molecule has 28 heavy (non-hydrogen) atoms. The molecule has 1 aromatic carbocycles. The Bertz CT molecular complexity index is 730. The lowest BCUT2D eigenvalue weighted by Gasteiger charge is -2.41. The van der Waals surface area contributed by atoms with Crippen LogP contribution in [0.1, 0.15) is 65.4 Å². The molecule has 3 atom stereocenters. The number of ketones is 1. The molecule has 1 fully saturated rings. The molecule has 0 bridgehead atoms. The number of hydrogen-bond acceptors (Lipinski definition) is 3. The highest BCUT2D eigenvalue weighted by Crippen LogP contribution is 2.41. The summed E-state index contributed by atoms with van der Waals surface area (Å²) in [5.41, 5.74) is 9.90. The normalized spacial score (nSPS) is 22.2. The van der Waals surface area contributed by atoms with E-state index in [4.69, 9.17) is 4.74 Å². The van der Waals surface area contributed by atoms with E-state index < -0.39 is 17.5 Å². The zero-order chi connectivity index (χ0) is 20.7. The molecule has 0 amide bonds. The number of hydrogen-bond donors (Lipinski definition) is 0. The Morgan fingerprint density at radius 1 is 1.18 bits per heavy atom. The molecule has 0 heterocycles. The number of esters is 1. The van der Waals surface area contributed by atoms with Crippen LogP contribution in [0.5, 0.6) is 0 Å². The summed E-state index contributed by atoms with van der Waals surface area (Å²) in [5.74, 6) is -0.589. The van der Waals surface area contributed by atoms with E-state index in [-0.39, 0.29) is 23.9 Å². The number of carbonyl (C=O) groups excluding carboxylic acids is 2. The molecule has 2 rings (SSSR count). The van der Waals surface area contributed by atoms with Crippen LogP contribution in [0.15, 0.2) is 30.3 Å². The van der Waals surface area contributed by atoms with Gasteiger partial charge in [-0.3, -0.25) is 4.79 Å². The summed E-state index contributed by atoms with van der Waals surface area (Å²) in [5, 5.41) is 0. The molecule has 0 aliphatic heterocycles. The van der Waals surface area contributed by atoms with E-state index in [0.717, 1.165) is 31.2 Å². The van der Waals surface area contributed by atoms with Gasteiger partial charge >= 0.3 is 11.7 Å². The van der Waals surface area contributed by atoms with Gasteiger partial charge in [0.1, 0.15) is 6.10 Å². The maximum Gasteiger partial charge on any atom is 0.441 e. The van der Waals surface area contributed by atoms with Crippen LogP contribution < -0.4 is 0 Å². The summed E-state index contributed by atoms with van der Waals surface area (Å²) in [6.07, 6.45) is 4.06. The number of benzene rings is 1. The first-order valence-corrected chi connectivity index (χ1v) is 10.2. The van der Waals surface area contributed by atoms with Gasteiger partial charge in [0.25, 0.3) is 5.78 Å². The third-order valence-electron chi connectivity index (χ3n) is 5.69. The quantitative estimate of drug-likeness (QED) is 0.226. The van der Waals surface area contributed by atoms with Gasteiger partial charge in [0.15, 0.2) is 0 Å². The molecule has 5 heteroatoms. The summed E-state index contributed by atoms with van der Waals surface area (Å²) in [6.45, 7) is 8.58. The van der Waals surface area contributed by atoms with Crippen molar-refractivity contribution in [2.24, 2.45) is 17.3 Å². The summed E-state index contributed by atoms with van der Waals surface area (Å²) in [4.78, 5) is 27.9. The third kappa shape index (κ3) is 6.13. The van der Waals surface area contributed by atoms with E-state index in [1.165, 1.54) is 0 Å². The van der Waals surface area contributed by atoms with Gasteiger partial charge in [-0.1, -0.05) is 64.4 Å². The van der Waals surface area contributed by atoms with Crippen molar-refractivity contribution in [1.29, 1.82) is 0 Å². The first-order valence-electron chi connectivity index (χ1n) is 10.2. The number of rotatable bonds is 7. The lowest BCUT2D eigenvalue weighted by molar-refractivity contribution is -0.155. The molecule has 1 saturated carbocycles. The zero-order valence-electron chi connectivity index (χ0n) is 17.5. The predicted molar refractivity (Wildman–Crippen MR) is 109 cm³/mol. The van der Waals surface area contributed by atoms with Crippen molar-refractivity contribution in [3.63, 3.8) is 0 Å². The standard InChI is InChI=1S/C23H32N2O3/c1-16-13-14-18(23(2,3)4)20(15-16)28-22(27)21(25-24)19(26)12-8-11-17-9-6-5-7-10-17/h5-7,9-10,16,18,20H,8,11-15H2,1-4H3/t16-,18-,20-/m1/s1. The molecular weight excluding hydrogens is 352 g/mol. The van der Waals surface area contributed by atoms with Crippen LogP contribution in [0.3, 0.4) is 0 Å². The van der Waals surface area contributed by atoms with Crippen molar-refractivity contribution >= 4 is 17.5 Å². The lowest BCUT2D eigenvalue weighted by Crippen LogP contribution is -2.42. The van der Waals surface area contributed by atoms with Crippen LogP contribution in [0.4, 0.5) is 0 Å². The van der Waals surface area contributed by atoms with Crippen molar-refractivity contribution in [1.82, 2.24) is 0 Å². The molecule has 0 aromatic heterocycles. The van der Waals surface area contributed by atoms with Crippen LogP contribution >= 0.6 is 0 Å². The average molecular weight is 385 g/mol. The van der Waals surface area contributed by atoms with Crippen LogP contribution in [-0.2, 0) is 20.7 Å². The van der Waals surface area contributed by atoms with Gasteiger partial charge in [-0.2, -0.15) is 4.79 Å². The highest BCUT2D eigenvalue weighted by atomic mass is 16.5. The van der Waals surface area contributed by atoms with Crippen molar-refractivity contribution in [3.05, 3.63) is 41.4 Å². The maximum atomic E-state index is 12.6. The van der Waals surface area contributed by atoms with E-state index in [1.807, 2.05) is 30.3 Å². The molecule has 0 unspecified atom stereocenters. The SMILES string of the molecule is C[C@@H]1CC[C@@H](C(C)(C)C)[C@H](OC(=O)C(=[N+]=[N-])C(=O)CCCc2ccccc2)C1. The van der Waals surface area contributed by atoms with Crippen molar-refractivity contribution in [2.75, 3.05) is 0 Å². The summed E-state index contributed by atoms with van der Waals surface area (Å²) in [7, 11) is 0. The Morgan fingerprint density at radius 3 is 2.46 bits per heavy atom. The van der Waals surface area contributed by atoms with Gasteiger partial charge in [-0.05, 0) is 42.6 Å². The minimum atomic E-state index is -0.805. The predicted octanol–water partition coefficient (Wildman–Crippen LogP) is 4.64. The Labute approximate surface area is 168 Å². The van der Waals surface area contributed by atoms with E-state index in [9.17, 15) is 15.1 Å². The largest absolute Gasteiger partial charge is 0.453 e. The smallest absolute Gasteiger partial charge is 0.441 e. The first kappa shape index (κ1) is 22.0. The second-order valence-corrected chi connectivity index (χ2v) is 9.05. The van der Waals surface area contributed by atoms with Gasteiger partial charge < -0.3 is 10.3 Å². The molecule has 1 aliphatic rings. The van der Waals surface area contributed by atoms with Crippen LogP contribution in [0.25, 0.3) is 5.53 Å². The highest BCUT2D eigenvalue weighted by Gasteiger charge is 2.41. The zero-order valence-corrected chi connectivity index (χ0v) is 17.5. The van der Waals surface area contributed by atoms with Gasteiger partial charge in [0, 0.05) is 12.3 Å². The summed E-state index contributed by atoms with van der Waals surface area (Å²) < 4.78 is 5.69. The Morgan fingerprint density at radius 2 is 1.86 bits per heavy atom. The minimum Gasteiger partial charge on any atom is -0.453 e. The molecule has 1 aromatic rings. The first-order chi connectivity index (χ1) is 13.2. The van der Waals surface area contributed by atoms with Gasteiger partial charge in [-0.15, -0.1) is 0 Å². The number of carbonyl (C=O) groups is 2. The summed E-state index contributed by atoms with van der Waals surface area (Å²) >= 11 is 0. The second-order valence-electron chi connectivity index (χ2n) is 9.05. The minimum absolute atomic E-state index is 0.00129. The van der Waals surface area contributed by atoms with E-state index in [2.05, 4.69) is 32.5 Å². The molecule has 0 radical (unpaired) electrons. The Balaban J connectivity index is 1.95. The average Bonchev–Trinajstić information content (AvgIpc) is 2.62. The Hall–Kier alpha value is -2.26. The third-order valence-corrected chi connectivity index (χ3v) is 5.69. The van der Waals surface area contributed by atoms with E-state index in [1.54, 1.807) is 0 Å². The van der Waals surface area contributed by atoms with E-state index >= 15 is 0 Å². The van der Waals surface area contributed by atoms with Gasteiger partial charge in [0.05, 0.1) is 0 Å². The van der Waals surface area contributed by atoms with Crippen molar-refractivity contribution in [2.45, 2.75) is 72.3 Å². The van der Waals surface area contributed by atoms with Crippen LogP contribution in [0.2, 0.25) is 0 Å². The Kier molecular flexibility index (Phi) is 7.70. The van der Waals surface area contributed by atoms with Crippen LogP contribution in [-0.4, -0.2) is 28.4 Å². The second kappa shape index (κ2) is 9.79. The number of nitrogens with zero attached hydrogens (tertiary/aromatic N) is 2. The van der Waals surface area contributed by atoms with Crippen molar-refractivity contribution in [3.8, 4) is 0 Å². The van der Waals surface area contributed by atoms with Gasteiger partial charge in [-0.25, -0.2) is 4.79 Å². The molecule has 5 nitrogen and oxygen atoms in total. The molecule has 0 spiro atoms. The van der Waals surface area contributed by atoms with E-state index in [0.29, 0.717) is 12.3 Å². The maximum absolute atomic E-state index is 12.6. The number of Topliss-reactive ketones (excluding diaryl/α,β-unsaturated/α-hetero) is 1. The molecule has 1 aliphatic carbocycles. The molecule has 0 N–H and O–H groups in total. The molecule has 152 valence electrons. The molecular formula is C23H32N2O3. The lowest BCUT2D eigenvalue weighted by atomic mass is 9.68. The monoisotopic (exact) mass is 384 g/mol. The highest BCUT2D eigenvalue weighted by molar-refractivity contribution is 6.62. The van der Waals surface area contributed by atoms with Crippen LogP contribution in [0, 0.1) is 17.3 Å².